The molecule has 0 spiro atoms. The van der Waals surface area contributed by atoms with Crippen LogP contribution in [0, 0.1) is 17.1 Å². The molecule has 0 bridgehead atoms. The SMILES string of the molecule is N#Cc1ccc(COc2cccc(N3CCN(Cc4nc5c(Cl)cc(C(=O)O)cc5n4C[C@H]4CCO4)[C@@H]4CC[C@@H]43)n2)c(F)c1. The second-order valence-electron chi connectivity index (χ2n) is 11.5. The first-order valence-corrected chi connectivity index (χ1v) is 15.1. The van der Waals surface area contributed by atoms with Gasteiger partial charge >= 0.3 is 5.97 Å². The van der Waals surface area contributed by atoms with Crippen LogP contribution in [-0.4, -0.2) is 68.4 Å². The van der Waals surface area contributed by atoms with E-state index in [-0.39, 0.29) is 29.9 Å². The fourth-order valence-corrected chi connectivity index (χ4v) is 6.58. The lowest BCUT2D eigenvalue weighted by Gasteiger charge is -2.54. The number of rotatable bonds is 9. The Morgan fingerprint density at radius 2 is 1.98 bits per heavy atom. The molecule has 2 aromatic carbocycles. The maximum Gasteiger partial charge on any atom is 0.335 e. The van der Waals surface area contributed by atoms with Crippen molar-refractivity contribution in [3.05, 3.63) is 81.9 Å². The van der Waals surface area contributed by atoms with E-state index in [4.69, 9.17) is 36.3 Å². The number of aromatic carboxylic acids is 1. The fraction of sp³-hybridized carbons (Fsp3) is 0.375. The topological polar surface area (TPSA) is 117 Å². The maximum absolute atomic E-state index is 14.3. The molecule has 2 aliphatic heterocycles. The first kappa shape index (κ1) is 28.5. The van der Waals surface area contributed by atoms with Gasteiger partial charge in [-0.15, -0.1) is 0 Å². The summed E-state index contributed by atoms with van der Waals surface area (Å²) >= 11 is 6.52. The van der Waals surface area contributed by atoms with Crippen molar-refractivity contribution >= 4 is 34.4 Å². The van der Waals surface area contributed by atoms with Crippen molar-refractivity contribution in [1.82, 2.24) is 19.4 Å². The highest BCUT2D eigenvalue weighted by atomic mass is 35.5. The predicted octanol–water partition coefficient (Wildman–Crippen LogP) is 5.01. The molecule has 3 fully saturated rings. The van der Waals surface area contributed by atoms with Crippen LogP contribution in [0.15, 0.2) is 48.5 Å². The second-order valence-corrected chi connectivity index (χ2v) is 11.9. The fourth-order valence-electron chi connectivity index (χ4n) is 6.32. The number of nitriles is 1. The van der Waals surface area contributed by atoms with Crippen molar-refractivity contribution in [3.63, 3.8) is 0 Å². The normalized spacial score (nSPS) is 21.3. The number of carbonyl (C=O) groups is 1. The van der Waals surface area contributed by atoms with Crippen LogP contribution >= 0.6 is 11.6 Å². The number of ether oxygens (including phenoxy) is 2. The monoisotopic (exact) mass is 616 g/mol. The molecule has 10 nitrogen and oxygen atoms in total. The zero-order valence-corrected chi connectivity index (χ0v) is 24.6. The number of nitrogens with zero attached hydrogens (tertiary/aromatic N) is 6. The molecule has 226 valence electrons. The molecule has 3 atom stereocenters. The molecule has 7 rings (SSSR count). The van der Waals surface area contributed by atoms with E-state index >= 15 is 0 Å². The highest BCUT2D eigenvalue weighted by Gasteiger charge is 2.44. The molecule has 12 heteroatoms. The highest BCUT2D eigenvalue weighted by molar-refractivity contribution is 6.35. The zero-order valence-electron chi connectivity index (χ0n) is 23.8. The summed E-state index contributed by atoms with van der Waals surface area (Å²) in [5.74, 6) is 0.573. The number of benzene rings is 2. The number of fused-ring (bicyclic) bond motifs is 2. The van der Waals surface area contributed by atoms with Gasteiger partial charge in [-0.25, -0.2) is 14.2 Å². The summed E-state index contributed by atoms with van der Waals surface area (Å²) in [6.07, 6.45) is 3.10. The molecule has 4 aromatic rings. The van der Waals surface area contributed by atoms with Gasteiger partial charge in [0.1, 0.15) is 29.6 Å². The largest absolute Gasteiger partial charge is 0.478 e. The van der Waals surface area contributed by atoms with E-state index in [2.05, 4.69) is 14.4 Å². The number of hydrogen-bond donors (Lipinski definition) is 1. The quantitative estimate of drug-likeness (QED) is 0.277. The second kappa shape index (κ2) is 11.7. The molecular formula is C32H30ClFN6O4. The molecule has 1 saturated carbocycles. The molecule has 2 saturated heterocycles. The molecule has 0 unspecified atom stereocenters. The number of aromatic nitrogens is 3. The number of carboxylic acids is 1. The first-order chi connectivity index (χ1) is 21.4. The van der Waals surface area contributed by atoms with Crippen LogP contribution in [0.1, 0.15) is 46.6 Å². The molecule has 0 radical (unpaired) electrons. The molecule has 1 N–H and O–H groups in total. The molecule has 3 aliphatic rings. The van der Waals surface area contributed by atoms with Gasteiger partial charge in [0, 0.05) is 43.4 Å². The minimum Gasteiger partial charge on any atom is -0.478 e. The van der Waals surface area contributed by atoms with E-state index in [1.54, 1.807) is 24.3 Å². The average molecular weight is 617 g/mol. The molecule has 44 heavy (non-hydrogen) atoms. The Labute approximate surface area is 258 Å². The lowest BCUT2D eigenvalue weighted by atomic mass is 9.81. The Hall–Kier alpha value is -4.24. The summed E-state index contributed by atoms with van der Waals surface area (Å²) in [5, 5.41) is 18.9. The summed E-state index contributed by atoms with van der Waals surface area (Å²) in [7, 11) is 0. The average Bonchev–Trinajstić information content (AvgIpc) is 3.32. The third-order valence-electron chi connectivity index (χ3n) is 8.92. The molecule has 1 aliphatic carbocycles. The molecular weight excluding hydrogens is 587 g/mol. The van der Waals surface area contributed by atoms with Crippen LogP contribution in [0.3, 0.4) is 0 Å². The van der Waals surface area contributed by atoms with Crippen LogP contribution in [-0.2, 0) is 24.4 Å². The summed E-state index contributed by atoms with van der Waals surface area (Å²) in [6, 6.07) is 15.6. The lowest BCUT2D eigenvalue weighted by molar-refractivity contribution is -0.0594. The molecule has 4 heterocycles. The van der Waals surface area contributed by atoms with Crippen LogP contribution < -0.4 is 9.64 Å². The van der Waals surface area contributed by atoms with E-state index in [0.717, 1.165) is 50.6 Å². The van der Waals surface area contributed by atoms with Gasteiger partial charge in [0.2, 0.25) is 5.88 Å². The summed E-state index contributed by atoms with van der Waals surface area (Å²) in [4.78, 5) is 26.2. The molecule has 0 amide bonds. The summed E-state index contributed by atoms with van der Waals surface area (Å²) in [5.41, 5.74) is 2.08. The number of pyridine rings is 1. The summed E-state index contributed by atoms with van der Waals surface area (Å²) < 4.78 is 28.0. The van der Waals surface area contributed by atoms with Crippen LogP contribution in [0.4, 0.5) is 10.2 Å². The minimum absolute atomic E-state index is 0.0126. The molecule has 2 aromatic heterocycles. The summed E-state index contributed by atoms with van der Waals surface area (Å²) in [6.45, 7) is 3.51. The number of anilines is 1. The van der Waals surface area contributed by atoms with Gasteiger partial charge in [-0.05, 0) is 49.6 Å². The third-order valence-corrected chi connectivity index (χ3v) is 9.21. The van der Waals surface area contributed by atoms with Gasteiger partial charge in [0.05, 0.1) is 46.9 Å². The van der Waals surface area contributed by atoms with Crippen LogP contribution in [0.5, 0.6) is 5.88 Å². The van der Waals surface area contributed by atoms with Crippen molar-refractivity contribution in [2.45, 2.75) is 57.1 Å². The van der Waals surface area contributed by atoms with Crippen molar-refractivity contribution in [3.8, 4) is 11.9 Å². The number of imidazole rings is 1. The van der Waals surface area contributed by atoms with Crippen LogP contribution in [0.25, 0.3) is 11.0 Å². The number of piperazine rings is 1. The standard InChI is InChI=1S/C32H30ClFN6O4/c33-23-13-21(32(41)42)14-27-31(23)37-29(40(27)16-22-8-11-43-22)17-38-9-10-39(26-7-6-25(26)38)28-2-1-3-30(36-28)44-18-20-5-4-19(15-35)12-24(20)34/h1-5,12-14,22,25-26H,6-11,16-18H2,(H,41,42)/t22-,25-,26+/m1/s1. The van der Waals surface area contributed by atoms with Gasteiger partial charge in [0.25, 0.3) is 0 Å². The van der Waals surface area contributed by atoms with Crippen molar-refractivity contribution in [2.75, 3.05) is 24.6 Å². The number of carboxylic acid groups (broad SMARTS) is 1. The van der Waals surface area contributed by atoms with Gasteiger partial charge in [0.15, 0.2) is 0 Å². The van der Waals surface area contributed by atoms with Gasteiger partial charge in [-0.1, -0.05) is 23.7 Å². The Bertz CT molecular complexity index is 1790. The first-order valence-electron chi connectivity index (χ1n) is 14.7. The predicted molar refractivity (Wildman–Crippen MR) is 160 cm³/mol. The minimum atomic E-state index is -1.03. The van der Waals surface area contributed by atoms with Crippen molar-refractivity contribution in [1.29, 1.82) is 5.26 Å². The Morgan fingerprint density at radius 3 is 2.68 bits per heavy atom. The van der Waals surface area contributed by atoms with Gasteiger partial charge in [-0.2, -0.15) is 10.2 Å². The van der Waals surface area contributed by atoms with Gasteiger partial charge in [-0.3, -0.25) is 4.90 Å². The van der Waals surface area contributed by atoms with E-state index in [1.165, 1.54) is 12.1 Å². The Balaban J connectivity index is 1.08. The van der Waals surface area contributed by atoms with Crippen molar-refractivity contribution < 1.29 is 23.8 Å². The zero-order chi connectivity index (χ0) is 30.4. The highest BCUT2D eigenvalue weighted by Crippen LogP contribution is 2.38. The van der Waals surface area contributed by atoms with Crippen LogP contribution in [0.2, 0.25) is 5.02 Å². The van der Waals surface area contributed by atoms with Gasteiger partial charge < -0.3 is 24.0 Å². The van der Waals surface area contributed by atoms with E-state index in [0.29, 0.717) is 46.6 Å². The number of hydrogen-bond acceptors (Lipinski definition) is 8. The van der Waals surface area contributed by atoms with Crippen molar-refractivity contribution in [2.24, 2.45) is 0 Å². The van der Waals surface area contributed by atoms with E-state index in [1.807, 2.05) is 18.2 Å². The Morgan fingerprint density at radius 1 is 1.14 bits per heavy atom. The maximum atomic E-state index is 14.3. The smallest absolute Gasteiger partial charge is 0.335 e. The van der Waals surface area contributed by atoms with E-state index < -0.39 is 11.8 Å². The van der Waals surface area contributed by atoms with E-state index in [9.17, 15) is 14.3 Å². The third kappa shape index (κ3) is 5.34. The number of halogens is 2. The lowest BCUT2D eigenvalue weighted by Crippen LogP contribution is -2.64. The Kier molecular flexibility index (Phi) is 7.58.